The molecule has 0 unspecified atom stereocenters. The van der Waals surface area contributed by atoms with Crippen LogP contribution in [0.5, 0.6) is 0 Å². The zero-order chi connectivity index (χ0) is 12.1. The first-order valence-electron chi connectivity index (χ1n) is 5.23. The van der Waals surface area contributed by atoms with Crippen LogP contribution in [0.4, 0.5) is 0 Å². The molecule has 1 aliphatic heterocycles. The third kappa shape index (κ3) is 3.20. The summed E-state index contributed by atoms with van der Waals surface area (Å²) in [7, 11) is 0. The van der Waals surface area contributed by atoms with E-state index >= 15 is 0 Å². The van der Waals surface area contributed by atoms with E-state index in [4.69, 9.17) is 11.6 Å². The molecule has 2 heterocycles. The van der Waals surface area contributed by atoms with Crippen molar-refractivity contribution in [1.82, 2.24) is 9.88 Å². The van der Waals surface area contributed by atoms with Gasteiger partial charge in [-0.3, -0.25) is 19.7 Å². The Hall–Kier alpha value is -1.07. The van der Waals surface area contributed by atoms with Gasteiger partial charge in [0.25, 0.3) is 0 Å². The lowest BCUT2D eigenvalue weighted by Crippen LogP contribution is -2.33. The number of amidine groups is 1. The van der Waals surface area contributed by atoms with Crippen molar-refractivity contribution in [3.8, 4) is 0 Å². The lowest BCUT2D eigenvalue weighted by atomic mass is 10.3. The summed E-state index contributed by atoms with van der Waals surface area (Å²) in [5.74, 6) is 0.687. The quantitative estimate of drug-likeness (QED) is 0.786. The highest BCUT2D eigenvalue weighted by molar-refractivity contribution is 8.13. The summed E-state index contributed by atoms with van der Waals surface area (Å²) in [5, 5.41) is 0.763. The SMILES string of the molecule is O=C(CCl)N1CCN=C1SCc1cccnc1. The van der Waals surface area contributed by atoms with Crippen molar-refractivity contribution in [3.63, 3.8) is 0 Å². The number of rotatable bonds is 3. The van der Waals surface area contributed by atoms with E-state index in [2.05, 4.69) is 9.98 Å². The average Bonchev–Trinajstić information content (AvgIpc) is 2.85. The molecule has 4 nitrogen and oxygen atoms in total. The number of halogens is 1. The van der Waals surface area contributed by atoms with E-state index in [0.29, 0.717) is 13.1 Å². The molecule has 1 aromatic rings. The van der Waals surface area contributed by atoms with Crippen LogP contribution in [0, 0.1) is 0 Å². The van der Waals surface area contributed by atoms with E-state index in [1.54, 1.807) is 22.9 Å². The molecular weight excluding hydrogens is 258 g/mol. The Bertz CT molecular complexity index is 424. The minimum absolute atomic E-state index is 0.00642. The Morgan fingerprint density at radius 1 is 1.59 bits per heavy atom. The van der Waals surface area contributed by atoms with Gasteiger partial charge in [-0.2, -0.15) is 0 Å². The molecule has 0 atom stereocenters. The molecule has 1 aliphatic rings. The van der Waals surface area contributed by atoms with Crippen molar-refractivity contribution in [2.45, 2.75) is 5.75 Å². The normalized spacial score (nSPS) is 14.9. The monoisotopic (exact) mass is 269 g/mol. The predicted molar refractivity (Wildman–Crippen MR) is 70.3 cm³/mol. The summed E-state index contributed by atoms with van der Waals surface area (Å²) < 4.78 is 0. The predicted octanol–water partition coefficient (Wildman–Crippen LogP) is 1.75. The van der Waals surface area contributed by atoms with Crippen LogP contribution in [0.3, 0.4) is 0 Å². The average molecular weight is 270 g/mol. The third-order valence-corrected chi connectivity index (χ3v) is 3.62. The van der Waals surface area contributed by atoms with Gasteiger partial charge < -0.3 is 0 Å². The van der Waals surface area contributed by atoms with Gasteiger partial charge in [0.15, 0.2) is 5.17 Å². The summed E-state index contributed by atoms with van der Waals surface area (Å²) in [6, 6.07) is 3.90. The fourth-order valence-electron chi connectivity index (χ4n) is 1.49. The minimum atomic E-state index is -0.0818. The van der Waals surface area contributed by atoms with E-state index in [9.17, 15) is 4.79 Å². The van der Waals surface area contributed by atoms with E-state index in [-0.39, 0.29) is 11.8 Å². The molecule has 0 fully saturated rings. The number of amides is 1. The summed E-state index contributed by atoms with van der Waals surface area (Å²) in [6.07, 6.45) is 3.56. The van der Waals surface area contributed by atoms with Crippen LogP contribution in [-0.4, -0.2) is 39.9 Å². The second-order valence-corrected chi connectivity index (χ2v) is 4.70. The molecule has 1 amide bonds. The van der Waals surface area contributed by atoms with E-state index in [0.717, 1.165) is 16.5 Å². The standard InChI is InChI=1S/C11H12ClN3OS/c12-6-10(16)15-5-4-14-11(15)17-8-9-2-1-3-13-7-9/h1-3,7H,4-6,8H2. The first-order valence-corrected chi connectivity index (χ1v) is 6.76. The Morgan fingerprint density at radius 3 is 3.18 bits per heavy atom. The number of aromatic nitrogens is 1. The van der Waals surface area contributed by atoms with Crippen LogP contribution in [-0.2, 0) is 10.5 Å². The molecule has 1 aromatic heterocycles. The van der Waals surface area contributed by atoms with Gasteiger partial charge in [0.05, 0.1) is 6.54 Å². The first-order chi connectivity index (χ1) is 8.31. The highest BCUT2D eigenvalue weighted by atomic mass is 35.5. The number of aliphatic imine (C=N–C) groups is 1. The van der Waals surface area contributed by atoms with Crippen molar-refractivity contribution in [1.29, 1.82) is 0 Å². The van der Waals surface area contributed by atoms with Crippen LogP contribution in [0.25, 0.3) is 0 Å². The second kappa shape index (κ2) is 6.02. The van der Waals surface area contributed by atoms with Crippen molar-refractivity contribution >= 4 is 34.4 Å². The van der Waals surface area contributed by atoms with Gasteiger partial charge in [0, 0.05) is 24.7 Å². The van der Waals surface area contributed by atoms with E-state index < -0.39 is 0 Å². The number of nitrogens with zero attached hydrogens (tertiary/aromatic N) is 3. The van der Waals surface area contributed by atoms with Crippen molar-refractivity contribution < 1.29 is 4.79 Å². The fraction of sp³-hybridized carbons (Fsp3) is 0.364. The molecule has 0 aromatic carbocycles. The van der Waals surface area contributed by atoms with Crippen LogP contribution in [0.1, 0.15) is 5.56 Å². The number of alkyl halides is 1. The maximum Gasteiger partial charge on any atom is 0.243 e. The van der Waals surface area contributed by atoms with Gasteiger partial charge >= 0.3 is 0 Å². The lowest BCUT2D eigenvalue weighted by Gasteiger charge is -2.16. The van der Waals surface area contributed by atoms with E-state index in [1.807, 2.05) is 18.3 Å². The Kier molecular flexibility index (Phi) is 4.39. The number of carbonyl (C=O) groups is 1. The lowest BCUT2D eigenvalue weighted by molar-refractivity contribution is -0.124. The van der Waals surface area contributed by atoms with Crippen molar-refractivity contribution in [3.05, 3.63) is 30.1 Å². The number of carbonyl (C=O) groups excluding carboxylic acids is 1. The van der Waals surface area contributed by atoms with Crippen LogP contribution in [0.15, 0.2) is 29.5 Å². The van der Waals surface area contributed by atoms with Crippen molar-refractivity contribution in [2.75, 3.05) is 19.0 Å². The molecule has 0 saturated heterocycles. The second-order valence-electron chi connectivity index (χ2n) is 3.49. The summed E-state index contributed by atoms with van der Waals surface area (Å²) >= 11 is 7.09. The molecule has 0 aliphatic carbocycles. The molecule has 90 valence electrons. The number of hydrogen-bond acceptors (Lipinski definition) is 4. The molecule has 0 saturated carbocycles. The summed E-state index contributed by atoms with van der Waals surface area (Å²) in [4.78, 5) is 21.5. The zero-order valence-electron chi connectivity index (χ0n) is 9.17. The molecule has 0 bridgehead atoms. The Labute approximate surface area is 109 Å². The summed E-state index contributed by atoms with van der Waals surface area (Å²) in [6.45, 7) is 1.30. The maximum absolute atomic E-state index is 11.5. The first kappa shape index (κ1) is 12.4. The Morgan fingerprint density at radius 2 is 2.47 bits per heavy atom. The van der Waals surface area contributed by atoms with Crippen molar-refractivity contribution in [2.24, 2.45) is 4.99 Å². The van der Waals surface area contributed by atoms with Gasteiger partial charge in [-0.25, -0.2) is 0 Å². The number of hydrogen-bond donors (Lipinski definition) is 0. The molecular formula is C11H12ClN3OS. The summed E-state index contributed by atoms with van der Waals surface area (Å²) in [5.41, 5.74) is 1.12. The highest BCUT2D eigenvalue weighted by Crippen LogP contribution is 2.19. The van der Waals surface area contributed by atoms with Crippen LogP contribution in [0.2, 0.25) is 0 Å². The molecule has 2 rings (SSSR count). The molecule has 0 radical (unpaired) electrons. The minimum Gasteiger partial charge on any atom is -0.289 e. The zero-order valence-corrected chi connectivity index (χ0v) is 10.7. The largest absolute Gasteiger partial charge is 0.289 e. The maximum atomic E-state index is 11.5. The van der Waals surface area contributed by atoms with E-state index in [1.165, 1.54) is 0 Å². The topological polar surface area (TPSA) is 45.6 Å². The molecule has 17 heavy (non-hydrogen) atoms. The molecule has 6 heteroatoms. The highest BCUT2D eigenvalue weighted by Gasteiger charge is 2.22. The molecule has 0 spiro atoms. The Balaban J connectivity index is 1.93. The van der Waals surface area contributed by atoms with Crippen LogP contribution >= 0.6 is 23.4 Å². The number of pyridine rings is 1. The van der Waals surface area contributed by atoms with Gasteiger partial charge in [-0.15, -0.1) is 11.6 Å². The van der Waals surface area contributed by atoms with Gasteiger partial charge in [0.1, 0.15) is 5.88 Å². The third-order valence-electron chi connectivity index (χ3n) is 2.31. The fourth-order valence-corrected chi connectivity index (χ4v) is 2.63. The van der Waals surface area contributed by atoms with Gasteiger partial charge in [-0.05, 0) is 11.6 Å². The van der Waals surface area contributed by atoms with Gasteiger partial charge in [-0.1, -0.05) is 17.8 Å². The number of thioether (sulfide) groups is 1. The van der Waals surface area contributed by atoms with Gasteiger partial charge in [0.2, 0.25) is 5.91 Å². The van der Waals surface area contributed by atoms with Crippen LogP contribution < -0.4 is 0 Å². The smallest absolute Gasteiger partial charge is 0.243 e. The molecule has 0 N–H and O–H groups in total.